The first kappa shape index (κ1) is 13.2. The molecule has 0 amide bonds. The van der Waals surface area contributed by atoms with Crippen molar-refractivity contribution < 1.29 is 18.7 Å². The van der Waals surface area contributed by atoms with E-state index in [1.807, 2.05) is 0 Å². The molecule has 0 atom stereocenters. The molecule has 0 aliphatic rings. The molecule has 0 saturated carbocycles. The maximum absolute atomic E-state index is 13.8. The third-order valence-corrected chi connectivity index (χ3v) is 2.93. The topological polar surface area (TPSA) is 55.1 Å². The van der Waals surface area contributed by atoms with Gasteiger partial charge in [0.05, 0.1) is 12.1 Å². The van der Waals surface area contributed by atoms with Crippen molar-refractivity contribution >= 4 is 5.97 Å². The number of aliphatic carboxylic acids is 1. The normalized spacial score (nSPS) is 10.7. The molecule has 0 saturated heterocycles. The lowest BCUT2D eigenvalue weighted by Gasteiger charge is -2.05. The first-order chi connectivity index (χ1) is 8.90. The number of benzene rings is 1. The standard InChI is InChI=1S/C13H12F2N2O2/c1-7-13(9-4-3-8(14)5-10(9)15)11(6-12(18)19)16-17(7)2/h3-5H,6H2,1-2H3,(H,18,19). The summed E-state index contributed by atoms with van der Waals surface area (Å²) < 4.78 is 28.2. The number of rotatable bonds is 3. The summed E-state index contributed by atoms with van der Waals surface area (Å²) in [6, 6.07) is 3.20. The Morgan fingerprint density at radius 2 is 2.11 bits per heavy atom. The Labute approximate surface area is 108 Å². The Morgan fingerprint density at radius 1 is 1.42 bits per heavy atom. The monoisotopic (exact) mass is 266 g/mol. The summed E-state index contributed by atoms with van der Waals surface area (Å²) in [6.07, 6.45) is -0.312. The fraction of sp³-hybridized carbons (Fsp3) is 0.231. The average molecular weight is 266 g/mol. The highest BCUT2D eigenvalue weighted by Crippen LogP contribution is 2.30. The van der Waals surface area contributed by atoms with E-state index in [0.29, 0.717) is 11.3 Å². The van der Waals surface area contributed by atoms with E-state index in [1.54, 1.807) is 14.0 Å². The molecule has 2 aromatic rings. The zero-order valence-electron chi connectivity index (χ0n) is 10.4. The summed E-state index contributed by atoms with van der Waals surface area (Å²) in [5, 5.41) is 12.9. The van der Waals surface area contributed by atoms with Crippen molar-refractivity contribution in [2.45, 2.75) is 13.3 Å². The van der Waals surface area contributed by atoms with Gasteiger partial charge in [-0.1, -0.05) is 0 Å². The van der Waals surface area contributed by atoms with E-state index < -0.39 is 17.6 Å². The van der Waals surface area contributed by atoms with E-state index in [1.165, 1.54) is 10.7 Å². The number of carbonyl (C=O) groups is 1. The molecule has 1 heterocycles. The van der Waals surface area contributed by atoms with Gasteiger partial charge in [0.2, 0.25) is 0 Å². The van der Waals surface area contributed by atoms with Crippen LogP contribution in [0.15, 0.2) is 18.2 Å². The van der Waals surface area contributed by atoms with Crippen molar-refractivity contribution in [1.82, 2.24) is 9.78 Å². The number of hydrogen-bond donors (Lipinski definition) is 1. The third-order valence-electron chi connectivity index (χ3n) is 2.93. The van der Waals surface area contributed by atoms with Crippen LogP contribution in [-0.4, -0.2) is 20.9 Å². The van der Waals surface area contributed by atoms with E-state index in [0.717, 1.165) is 12.1 Å². The first-order valence-corrected chi connectivity index (χ1v) is 5.60. The van der Waals surface area contributed by atoms with E-state index >= 15 is 0 Å². The molecule has 0 bridgehead atoms. The third kappa shape index (κ3) is 2.47. The minimum absolute atomic E-state index is 0.156. The number of nitrogens with zero attached hydrogens (tertiary/aromatic N) is 2. The molecular formula is C13H12F2N2O2. The molecular weight excluding hydrogens is 254 g/mol. The largest absolute Gasteiger partial charge is 0.481 e. The van der Waals surface area contributed by atoms with Crippen LogP contribution in [0.25, 0.3) is 11.1 Å². The first-order valence-electron chi connectivity index (χ1n) is 5.60. The summed E-state index contributed by atoms with van der Waals surface area (Å²) in [5.74, 6) is -2.47. The second kappa shape index (κ2) is 4.79. The molecule has 1 aromatic carbocycles. The van der Waals surface area contributed by atoms with Crippen LogP contribution in [0.5, 0.6) is 0 Å². The number of aryl methyl sites for hydroxylation is 1. The second-order valence-electron chi connectivity index (χ2n) is 4.23. The molecule has 1 aromatic heterocycles. The molecule has 1 N–H and O–H groups in total. The molecule has 100 valence electrons. The van der Waals surface area contributed by atoms with E-state index in [4.69, 9.17) is 5.11 Å². The summed E-state index contributed by atoms with van der Waals surface area (Å²) in [4.78, 5) is 10.8. The lowest BCUT2D eigenvalue weighted by atomic mass is 10.0. The van der Waals surface area contributed by atoms with Crippen LogP contribution in [0.1, 0.15) is 11.4 Å². The van der Waals surface area contributed by atoms with Crippen LogP contribution >= 0.6 is 0 Å². The fourth-order valence-electron chi connectivity index (χ4n) is 1.99. The predicted molar refractivity (Wildman–Crippen MR) is 64.6 cm³/mol. The highest BCUT2D eigenvalue weighted by molar-refractivity contribution is 5.76. The van der Waals surface area contributed by atoms with Crippen molar-refractivity contribution in [2.24, 2.45) is 7.05 Å². The van der Waals surface area contributed by atoms with Gasteiger partial charge in [-0.15, -0.1) is 0 Å². The summed E-state index contributed by atoms with van der Waals surface area (Å²) >= 11 is 0. The number of aromatic nitrogens is 2. The van der Waals surface area contributed by atoms with Crippen LogP contribution < -0.4 is 0 Å². The van der Waals surface area contributed by atoms with Gasteiger partial charge < -0.3 is 5.11 Å². The molecule has 0 radical (unpaired) electrons. The van der Waals surface area contributed by atoms with Crippen LogP contribution in [-0.2, 0) is 18.3 Å². The summed E-state index contributed by atoms with van der Waals surface area (Å²) in [7, 11) is 1.64. The number of carboxylic acid groups (broad SMARTS) is 1. The van der Waals surface area contributed by atoms with Crippen molar-refractivity contribution in [3.63, 3.8) is 0 Å². The maximum atomic E-state index is 13.8. The average Bonchev–Trinajstić information content (AvgIpc) is 2.55. The van der Waals surface area contributed by atoms with Crippen LogP contribution in [0.3, 0.4) is 0 Å². The van der Waals surface area contributed by atoms with Gasteiger partial charge in [0.1, 0.15) is 11.6 Å². The van der Waals surface area contributed by atoms with Gasteiger partial charge in [0.15, 0.2) is 0 Å². The second-order valence-corrected chi connectivity index (χ2v) is 4.23. The van der Waals surface area contributed by atoms with E-state index in [9.17, 15) is 13.6 Å². The van der Waals surface area contributed by atoms with E-state index in [-0.39, 0.29) is 17.7 Å². The van der Waals surface area contributed by atoms with Crippen LogP contribution in [0, 0.1) is 18.6 Å². The quantitative estimate of drug-likeness (QED) is 0.927. The van der Waals surface area contributed by atoms with Gasteiger partial charge in [-0.3, -0.25) is 9.48 Å². The van der Waals surface area contributed by atoms with Crippen LogP contribution in [0.4, 0.5) is 8.78 Å². The minimum atomic E-state index is -1.05. The van der Waals surface area contributed by atoms with Crippen molar-refractivity contribution in [3.05, 3.63) is 41.2 Å². The number of carboxylic acids is 1. The number of halogens is 2. The Hall–Kier alpha value is -2.24. The predicted octanol–water partition coefficient (Wildman–Crippen LogP) is 2.30. The Morgan fingerprint density at radius 3 is 2.68 bits per heavy atom. The van der Waals surface area contributed by atoms with Gasteiger partial charge in [-0.05, 0) is 19.1 Å². The smallest absolute Gasteiger partial charge is 0.309 e. The Balaban J connectivity index is 2.63. The SMILES string of the molecule is Cc1c(-c2ccc(F)cc2F)c(CC(=O)O)nn1C. The Bertz CT molecular complexity index is 650. The maximum Gasteiger partial charge on any atom is 0.309 e. The molecule has 6 heteroatoms. The van der Waals surface area contributed by atoms with Crippen molar-refractivity contribution in [1.29, 1.82) is 0 Å². The number of hydrogen-bond acceptors (Lipinski definition) is 2. The molecule has 0 fully saturated rings. The Kier molecular flexibility index (Phi) is 3.33. The lowest BCUT2D eigenvalue weighted by molar-refractivity contribution is -0.136. The molecule has 19 heavy (non-hydrogen) atoms. The van der Waals surface area contributed by atoms with Gasteiger partial charge >= 0.3 is 5.97 Å². The fourth-order valence-corrected chi connectivity index (χ4v) is 1.99. The van der Waals surface area contributed by atoms with Crippen molar-refractivity contribution in [3.8, 4) is 11.1 Å². The molecule has 0 aliphatic carbocycles. The van der Waals surface area contributed by atoms with E-state index in [2.05, 4.69) is 5.10 Å². The zero-order valence-corrected chi connectivity index (χ0v) is 10.4. The molecule has 0 spiro atoms. The van der Waals surface area contributed by atoms with Crippen molar-refractivity contribution in [2.75, 3.05) is 0 Å². The van der Waals surface area contributed by atoms with Crippen LogP contribution in [0.2, 0.25) is 0 Å². The minimum Gasteiger partial charge on any atom is -0.481 e. The highest BCUT2D eigenvalue weighted by atomic mass is 19.1. The molecule has 4 nitrogen and oxygen atoms in total. The zero-order chi connectivity index (χ0) is 14.2. The molecule has 0 unspecified atom stereocenters. The lowest BCUT2D eigenvalue weighted by Crippen LogP contribution is -2.03. The van der Waals surface area contributed by atoms with Gasteiger partial charge in [0, 0.05) is 29.9 Å². The van der Waals surface area contributed by atoms with Gasteiger partial charge in [0.25, 0.3) is 0 Å². The highest BCUT2D eigenvalue weighted by Gasteiger charge is 2.20. The molecule has 2 rings (SSSR count). The van der Waals surface area contributed by atoms with Gasteiger partial charge in [-0.2, -0.15) is 5.10 Å². The summed E-state index contributed by atoms with van der Waals surface area (Å²) in [5.41, 5.74) is 1.45. The summed E-state index contributed by atoms with van der Waals surface area (Å²) in [6.45, 7) is 1.70. The molecule has 0 aliphatic heterocycles. The van der Waals surface area contributed by atoms with Gasteiger partial charge in [-0.25, -0.2) is 8.78 Å².